The van der Waals surface area contributed by atoms with Crippen molar-refractivity contribution in [1.82, 2.24) is 0 Å². The van der Waals surface area contributed by atoms with E-state index < -0.39 is 0 Å². The van der Waals surface area contributed by atoms with E-state index in [1.807, 2.05) is 37.3 Å². The third kappa shape index (κ3) is 5.68. The van der Waals surface area contributed by atoms with E-state index in [-0.39, 0.29) is 11.9 Å². The Morgan fingerprint density at radius 1 is 1.11 bits per heavy atom. The van der Waals surface area contributed by atoms with E-state index in [2.05, 4.69) is 41.7 Å². The molecule has 2 aromatic carbocycles. The third-order valence-corrected chi connectivity index (χ3v) is 5.46. The van der Waals surface area contributed by atoms with Gasteiger partial charge < -0.3 is 19.9 Å². The molecule has 148 valence electrons. The van der Waals surface area contributed by atoms with Gasteiger partial charge >= 0.3 is 0 Å². The number of amides is 1. The van der Waals surface area contributed by atoms with Crippen LogP contribution in [0.25, 0.3) is 6.08 Å². The largest absolute Gasteiger partial charge is 0.497 e. The van der Waals surface area contributed by atoms with Crippen molar-refractivity contribution in [3.63, 3.8) is 0 Å². The fourth-order valence-electron chi connectivity index (χ4n) is 3.62. The van der Waals surface area contributed by atoms with Gasteiger partial charge in [-0.3, -0.25) is 4.79 Å². The molecule has 1 saturated heterocycles. The summed E-state index contributed by atoms with van der Waals surface area (Å²) in [6.07, 6.45) is 4.45. The molecule has 1 heterocycles. The van der Waals surface area contributed by atoms with E-state index >= 15 is 0 Å². The second-order valence-electron chi connectivity index (χ2n) is 7.37. The Morgan fingerprint density at radius 3 is 2.57 bits per heavy atom. The predicted octanol–water partition coefficient (Wildman–Crippen LogP) is 0.519. The Balaban J connectivity index is 1.44. The highest BCUT2D eigenvalue weighted by Crippen LogP contribution is 2.16. The molecule has 3 rings (SSSR count). The lowest BCUT2D eigenvalue weighted by Gasteiger charge is -2.32. The number of carbonyl (C=O) groups excluding carboxylic acids is 1. The van der Waals surface area contributed by atoms with E-state index in [9.17, 15) is 4.79 Å². The van der Waals surface area contributed by atoms with Crippen molar-refractivity contribution < 1.29 is 19.3 Å². The molecule has 0 radical (unpaired) electrons. The van der Waals surface area contributed by atoms with Crippen LogP contribution in [0, 0.1) is 0 Å². The average Bonchev–Trinajstić information content (AvgIpc) is 2.74. The molecule has 2 aromatic rings. The molecular weight excluding hydrogens is 350 g/mol. The second-order valence-corrected chi connectivity index (χ2v) is 7.37. The third-order valence-electron chi connectivity index (χ3n) is 5.46. The number of nitrogens with one attached hydrogen (secondary N) is 3. The van der Waals surface area contributed by atoms with Crippen LogP contribution in [0.5, 0.6) is 5.75 Å². The SMILES string of the molecule is COc1cccc(NC(=O)[C@H](C)[NH+]2CC[NH+](C/C=C/c3ccccc3)CC2)c1. The number of piperazine rings is 1. The molecule has 0 spiro atoms. The molecule has 1 aliphatic rings. The first-order valence-electron chi connectivity index (χ1n) is 10.0. The zero-order valence-corrected chi connectivity index (χ0v) is 16.8. The molecule has 28 heavy (non-hydrogen) atoms. The minimum Gasteiger partial charge on any atom is -0.497 e. The average molecular weight is 382 g/mol. The lowest BCUT2D eigenvalue weighted by Crippen LogP contribution is -3.29. The molecule has 1 amide bonds. The van der Waals surface area contributed by atoms with Gasteiger partial charge in [0.25, 0.3) is 5.91 Å². The maximum atomic E-state index is 12.6. The first-order chi connectivity index (χ1) is 13.7. The molecule has 0 aliphatic carbocycles. The van der Waals surface area contributed by atoms with Gasteiger partial charge in [0.05, 0.1) is 13.7 Å². The highest BCUT2D eigenvalue weighted by Gasteiger charge is 2.30. The van der Waals surface area contributed by atoms with Gasteiger partial charge in [0.2, 0.25) is 0 Å². The van der Waals surface area contributed by atoms with Gasteiger partial charge in [0.1, 0.15) is 31.9 Å². The van der Waals surface area contributed by atoms with Gasteiger partial charge in [0.15, 0.2) is 6.04 Å². The van der Waals surface area contributed by atoms with Gasteiger partial charge in [0, 0.05) is 11.8 Å². The monoisotopic (exact) mass is 381 g/mol. The molecule has 0 saturated carbocycles. The van der Waals surface area contributed by atoms with Gasteiger partial charge in [-0.15, -0.1) is 0 Å². The van der Waals surface area contributed by atoms with E-state index in [0.29, 0.717) is 0 Å². The zero-order chi connectivity index (χ0) is 19.8. The fraction of sp³-hybridized carbons (Fsp3) is 0.348. The van der Waals surface area contributed by atoms with E-state index in [1.165, 1.54) is 10.5 Å². The Morgan fingerprint density at radius 2 is 1.86 bits per heavy atom. The molecule has 1 aliphatic heterocycles. The molecule has 1 fully saturated rings. The molecule has 3 N–H and O–H groups in total. The smallest absolute Gasteiger partial charge is 0.282 e. The first-order valence-corrected chi connectivity index (χ1v) is 10.0. The van der Waals surface area contributed by atoms with Crippen LogP contribution in [-0.4, -0.2) is 51.8 Å². The van der Waals surface area contributed by atoms with Crippen LogP contribution in [0.15, 0.2) is 60.7 Å². The van der Waals surface area contributed by atoms with Crippen LogP contribution in [-0.2, 0) is 4.79 Å². The zero-order valence-electron chi connectivity index (χ0n) is 16.8. The number of quaternary nitrogens is 2. The topological polar surface area (TPSA) is 47.2 Å². The maximum Gasteiger partial charge on any atom is 0.282 e. The van der Waals surface area contributed by atoms with Crippen LogP contribution in [0.1, 0.15) is 12.5 Å². The van der Waals surface area contributed by atoms with Gasteiger partial charge in [-0.2, -0.15) is 0 Å². The Hall–Kier alpha value is -2.63. The summed E-state index contributed by atoms with van der Waals surface area (Å²) in [6.45, 7) is 7.26. The van der Waals surface area contributed by atoms with Crippen molar-refractivity contribution in [2.24, 2.45) is 0 Å². The summed E-state index contributed by atoms with van der Waals surface area (Å²) in [5.41, 5.74) is 2.03. The second kappa shape index (κ2) is 10.1. The number of anilines is 1. The quantitative estimate of drug-likeness (QED) is 0.655. The molecule has 5 heteroatoms. The maximum absolute atomic E-state index is 12.6. The van der Waals surface area contributed by atoms with Crippen molar-refractivity contribution >= 4 is 17.7 Å². The van der Waals surface area contributed by atoms with Crippen molar-refractivity contribution in [2.45, 2.75) is 13.0 Å². The van der Waals surface area contributed by atoms with Gasteiger partial charge in [-0.1, -0.05) is 42.5 Å². The minimum atomic E-state index is -0.0624. The van der Waals surface area contributed by atoms with Gasteiger partial charge in [-0.05, 0) is 30.7 Å². The summed E-state index contributed by atoms with van der Waals surface area (Å²) in [4.78, 5) is 15.6. The summed E-state index contributed by atoms with van der Waals surface area (Å²) in [5.74, 6) is 0.814. The van der Waals surface area contributed by atoms with Crippen LogP contribution in [0.4, 0.5) is 5.69 Å². The molecular formula is C23H31N3O2+2. The summed E-state index contributed by atoms with van der Waals surface area (Å²) < 4.78 is 5.22. The standard InChI is InChI=1S/C23H29N3O2/c1-19(23(27)24-21-11-6-12-22(18-21)28-2)26-16-14-25(15-17-26)13-7-10-20-8-4-3-5-9-20/h3-12,18-19H,13-17H2,1-2H3,(H,24,27)/p+2/b10-7+/t19-/m0/s1. The number of benzene rings is 2. The Labute approximate surface area is 167 Å². The normalized spacial score (nSPS) is 20.6. The van der Waals surface area contributed by atoms with Gasteiger partial charge in [-0.25, -0.2) is 0 Å². The number of ether oxygens (including phenoxy) is 1. The molecule has 1 atom stereocenters. The Bertz CT molecular complexity index is 783. The van der Waals surface area contributed by atoms with Crippen molar-refractivity contribution in [3.05, 3.63) is 66.2 Å². The molecule has 0 bridgehead atoms. The summed E-state index contributed by atoms with van der Waals surface area (Å²) in [6, 6.07) is 17.8. The fourth-order valence-corrected chi connectivity index (χ4v) is 3.62. The molecule has 0 aromatic heterocycles. The van der Waals surface area contributed by atoms with E-state index in [1.54, 1.807) is 12.0 Å². The number of rotatable bonds is 7. The number of carbonyl (C=O) groups is 1. The predicted molar refractivity (Wildman–Crippen MR) is 113 cm³/mol. The minimum absolute atomic E-state index is 0.0624. The van der Waals surface area contributed by atoms with E-state index in [4.69, 9.17) is 4.74 Å². The van der Waals surface area contributed by atoms with Crippen LogP contribution < -0.4 is 19.9 Å². The van der Waals surface area contributed by atoms with Crippen LogP contribution in [0.3, 0.4) is 0 Å². The number of hydrogen-bond acceptors (Lipinski definition) is 2. The first kappa shape index (κ1) is 20.1. The lowest BCUT2D eigenvalue weighted by atomic mass is 10.2. The lowest BCUT2D eigenvalue weighted by molar-refractivity contribution is -1.02. The van der Waals surface area contributed by atoms with Crippen molar-refractivity contribution in [1.29, 1.82) is 0 Å². The van der Waals surface area contributed by atoms with E-state index in [0.717, 1.165) is 44.2 Å². The molecule has 0 unspecified atom stereocenters. The van der Waals surface area contributed by atoms with Crippen molar-refractivity contribution in [3.8, 4) is 5.75 Å². The number of methoxy groups -OCH3 is 1. The molecule has 5 nitrogen and oxygen atoms in total. The van der Waals surface area contributed by atoms with Crippen LogP contribution in [0.2, 0.25) is 0 Å². The highest BCUT2D eigenvalue weighted by molar-refractivity contribution is 5.93. The van der Waals surface area contributed by atoms with Crippen molar-refractivity contribution in [2.75, 3.05) is 45.2 Å². The number of hydrogen-bond donors (Lipinski definition) is 3. The summed E-state index contributed by atoms with van der Waals surface area (Å²) in [5, 5.41) is 3.02. The summed E-state index contributed by atoms with van der Waals surface area (Å²) in [7, 11) is 1.63. The Kier molecular flexibility index (Phi) is 7.23. The highest BCUT2D eigenvalue weighted by atomic mass is 16.5. The summed E-state index contributed by atoms with van der Waals surface area (Å²) >= 11 is 0. The van der Waals surface area contributed by atoms with Crippen LogP contribution >= 0.6 is 0 Å².